The highest BCUT2D eigenvalue weighted by molar-refractivity contribution is 6.10. The minimum Gasteiger partial charge on any atom is -0.366 e. The Labute approximate surface area is 451 Å². The third kappa shape index (κ3) is 9.35. The first-order valence-corrected chi connectivity index (χ1v) is 29.1. The van der Waals surface area contributed by atoms with Gasteiger partial charge < -0.3 is 34.4 Å². The van der Waals surface area contributed by atoms with Gasteiger partial charge in [0.25, 0.3) is 5.91 Å². The number of benzene rings is 2. The van der Waals surface area contributed by atoms with Crippen LogP contribution >= 0.6 is 0 Å². The smallest absolute Gasteiger partial charge is 0.253 e. The molecule has 2 aliphatic carbocycles. The number of carbonyl (C=O) groups excluding carboxylic acids is 5. The van der Waals surface area contributed by atoms with Crippen LogP contribution in [-0.2, 0) is 24.6 Å². The van der Waals surface area contributed by atoms with E-state index in [0.717, 1.165) is 141 Å². The van der Waals surface area contributed by atoms with Crippen molar-refractivity contribution < 1.29 is 24.0 Å². The second-order valence-corrected chi connectivity index (χ2v) is 24.0. The van der Waals surface area contributed by atoms with Crippen LogP contribution in [0.1, 0.15) is 155 Å². The largest absolute Gasteiger partial charge is 0.366 e. The molecule has 1 spiro atoms. The third-order valence-electron chi connectivity index (χ3n) is 19.0. The summed E-state index contributed by atoms with van der Waals surface area (Å²) in [5.41, 5.74) is 7.91. The minimum atomic E-state index is -0.683. The summed E-state index contributed by atoms with van der Waals surface area (Å²) in [6.07, 6.45) is 17.1. The standard InChI is InChI=1S/C61H73N11O5/c1-38(2)71-37-63-51-35-50(65-56(55(51)71)64-45-12-13-45)43-10-15-49-52(32-43)72(47-33-46(34-47)67-24-4-3-5-25-67)60(77)61(49)22-30-70(31-23-61)58(75)41-8-6-39(7-9-41)40-18-28-69(29-19-40)59(76)42-20-26-68(27-21-42)53-16-11-44(36-62-53)48-14-17-54(73)66-57(48)74/h6-11,15-16,32,35-38,40,42,45-48H,3-5,12-14,17-31,33-34H2,1-2H3,(H,64,65)(H,66,73,74)/t46-,47+,48?. The van der Waals surface area contributed by atoms with Gasteiger partial charge in [0.1, 0.15) is 11.3 Å². The molecule has 77 heavy (non-hydrogen) atoms. The van der Waals surface area contributed by atoms with Crippen LogP contribution < -0.4 is 20.4 Å². The molecule has 5 aromatic rings. The van der Waals surface area contributed by atoms with Crippen LogP contribution in [0.25, 0.3) is 22.3 Å². The summed E-state index contributed by atoms with van der Waals surface area (Å²) < 4.78 is 2.20. The molecule has 0 radical (unpaired) electrons. The maximum absolute atomic E-state index is 15.3. The van der Waals surface area contributed by atoms with Gasteiger partial charge in [-0.3, -0.25) is 29.3 Å². The van der Waals surface area contributed by atoms with Gasteiger partial charge in [-0.15, -0.1) is 0 Å². The Bertz CT molecular complexity index is 3080. The first-order chi connectivity index (χ1) is 37.5. The summed E-state index contributed by atoms with van der Waals surface area (Å²) >= 11 is 0. The molecule has 5 saturated heterocycles. The lowest BCUT2D eigenvalue weighted by Crippen LogP contribution is -2.58. The number of hydrogen-bond acceptors (Lipinski definition) is 11. The monoisotopic (exact) mass is 1040 g/mol. The highest BCUT2D eigenvalue weighted by Crippen LogP contribution is 2.52. The highest BCUT2D eigenvalue weighted by atomic mass is 16.2. The molecule has 7 fully saturated rings. The molecule has 0 bridgehead atoms. The molecule has 13 rings (SSSR count). The topological polar surface area (TPSA) is 169 Å². The molecule has 402 valence electrons. The van der Waals surface area contributed by atoms with Crippen molar-refractivity contribution in [3.05, 3.63) is 95.4 Å². The van der Waals surface area contributed by atoms with Crippen molar-refractivity contribution in [2.24, 2.45) is 5.92 Å². The Morgan fingerprint density at radius 2 is 1.48 bits per heavy atom. The van der Waals surface area contributed by atoms with Gasteiger partial charge in [0.2, 0.25) is 23.6 Å². The third-order valence-corrected chi connectivity index (χ3v) is 19.0. The van der Waals surface area contributed by atoms with E-state index in [1.165, 1.54) is 24.8 Å². The Morgan fingerprint density at radius 3 is 2.17 bits per heavy atom. The van der Waals surface area contributed by atoms with Gasteiger partial charge in [-0.05, 0) is 163 Å². The van der Waals surface area contributed by atoms with Crippen molar-refractivity contribution >= 4 is 57.9 Å². The summed E-state index contributed by atoms with van der Waals surface area (Å²) in [6.45, 7) is 10.6. The van der Waals surface area contributed by atoms with E-state index in [4.69, 9.17) is 9.97 Å². The first kappa shape index (κ1) is 49.9. The van der Waals surface area contributed by atoms with Gasteiger partial charge in [-0.2, -0.15) is 0 Å². The van der Waals surface area contributed by atoms with Crippen LogP contribution in [0.3, 0.4) is 0 Å². The van der Waals surface area contributed by atoms with Gasteiger partial charge in [-0.25, -0.2) is 15.0 Å². The van der Waals surface area contributed by atoms with Crippen molar-refractivity contribution in [2.45, 2.75) is 152 Å². The number of imidazole rings is 1. The predicted octanol–water partition coefficient (Wildman–Crippen LogP) is 8.33. The fourth-order valence-corrected chi connectivity index (χ4v) is 14.1. The Balaban J connectivity index is 0.642. The van der Waals surface area contributed by atoms with Gasteiger partial charge in [0.15, 0.2) is 5.82 Å². The number of anilines is 3. The molecule has 3 aromatic heterocycles. The Morgan fingerprint density at radius 1 is 0.740 bits per heavy atom. The van der Waals surface area contributed by atoms with E-state index in [-0.39, 0.29) is 53.5 Å². The zero-order valence-corrected chi connectivity index (χ0v) is 44.8. The van der Waals surface area contributed by atoms with E-state index < -0.39 is 5.41 Å². The average molecular weight is 1040 g/mol. The van der Waals surface area contributed by atoms with Crippen LogP contribution in [0.4, 0.5) is 17.3 Å². The summed E-state index contributed by atoms with van der Waals surface area (Å²) in [4.78, 5) is 93.1. The lowest BCUT2D eigenvalue weighted by molar-refractivity contribution is -0.137. The molecule has 2 aromatic carbocycles. The molecular formula is C61H73N11O5. The fraction of sp³-hybridized carbons (Fsp3) is 0.541. The molecule has 6 aliphatic heterocycles. The molecule has 2 N–H and O–H groups in total. The predicted molar refractivity (Wildman–Crippen MR) is 296 cm³/mol. The minimum absolute atomic E-state index is 0.0103. The number of aromatic nitrogens is 4. The fourth-order valence-electron chi connectivity index (χ4n) is 14.1. The number of piperidine rings is 5. The summed E-state index contributed by atoms with van der Waals surface area (Å²) in [7, 11) is 0. The van der Waals surface area contributed by atoms with Crippen molar-refractivity contribution in [2.75, 3.05) is 67.5 Å². The zero-order valence-electron chi connectivity index (χ0n) is 44.8. The van der Waals surface area contributed by atoms with Crippen LogP contribution in [0.2, 0.25) is 0 Å². The number of imide groups is 1. The molecule has 5 amide bonds. The van der Waals surface area contributed by atoms with E-state index in [0.29, 0.717) is 62.3 Å². The molecular weight excluding hydrogens is 967 g/mol. The van der Waals surface area contributed by atoms with Crippen molar-refractivity contribution in [1.29, 1.82) is 0 Å². The van der Waals surface area contributed by atoms with Gasteiger partial charge >= 0.3 is 0 Å². The molecule has 9 heterocycles. The lowest BCUT2D eigenvalue weighted by Gasteiger charge is -2.48. The number of rotatable bonds is 11. The molecule has 16 heteroatoms. The van der Waals surface area contributed by atoms with E-state index in [2.05, 4.69) is 90.0 Å². The van der Waals surface area contributed by atoms with Crippen LogP contribution in [0.15, 0.2) is 73.2 Å². The quantitative estimate of drug-likeness (QED) is 0.122. The maximum Gasteiger partial charge on any atom is 0.253 e. The summed E-state index contributed by atoms with van der Waals surface area (Å²) in [6, 6.07) is 22.1. The average Bonchev–Trinajstić information content (AvgIpc) is 4.33. The first-order valence-electron chi connectivity index (χ1n) is 29.1. The van der Waals surface area contributed by atoms with Crippen molar-refractivity contribution in [3.63, 3.8) is 0 Å². The Hall–Kier alpha value is -6.68. The lowest BCUT2D eigenvalue weighted by atomic mass is 9.73. The SMILES string of the molecule is CC(C)n1cnc2cc(-c3ccc4c(c3)N([C@H]3C[C@@H](N5CCCCC5)C3)C(=O)C43CCN(C(=O)c4ccc(C5CCN(C(=O)C6CCN(c7ccc(C8CCC(=O)NC8=O)cn7)CC6)CC5)cc4)CC3)nc(NC3CC3)c21. The van der Waals surface area contributed by atoms with Crippen LogP contribution in [0.5, 0.6) is 0 Å². The normalized spacial score (nSPS) is 24.4. The second-order valence-electron chi connectivity index (χ2n) is 24.0. The molecule has 2 saturated carbocycles. The number of nitrogens with zero attached hydrogens (tertiary/aromatic N) is 9. The number of carbonyl (C=O) groups is 5. The number of fused-ring (bicyclic) bond motifs is 3. The number of pyridine rings is 2. The van der Waals surface area contributed by atoms with E-state index in [9.17, 15) is 19.2 Å². The van der Waals surface area contributed by atoms with Crippen LogP contribution in [-0.4, -0.2) is 134 Å². The zero-order chi connectivity index (χ0) is 52.5. The van der Waals surface area contributed by atoms with E-state index >= 15 is 4.79 Å². The molecule has 1 unspecified atom stereocenters. The van der Waals surface area contributed by atoms with Crippen molar-refractivity contribution in [1.82, 2.24) is 39.5 Å². The highest BCUT2D eigenvalue weighted by Gasteiger charge is 2.56. The van der Waals surface area contributed by atoms with E-state index in [1.54, 1.807) is 6.20 Å². The second kappa shape index (κ2) is 20.3. The number of nitrogens with one attached hydrogen (secondary N) is 2. The summed E-state index contributed by atoms with van der Waals surface area (Å²) in [5, 5.41) is 6.14. The van der Waals surface area contributed by atoms with Gasteiger partial charge in [0, 0.05) is 98.8 Å². The van der Waals surface area contributed by atoms with E-state index in [1.807, 2.05) is 35.5 Å². The van der Waals surface area contributed by atoms with Crippen LogP contribution in [0, 0.1) is 5.92 Å². The number of hydrogen-bond donors (Lipinski definition) is 2. The van der Waals surface area contributed by atoms with Gasteiger partial charge in [-0.1, -0.05) is 36.8 Å². The summed E-state index contributed by atoms with van der Waals surface area (Å²) in [5.74, 6) is 1.64. The number of likely N-dealkylation sites (tertiary alicyclic amines) is 3. The van der Waals surface area contributed by atoms with Gasteiger partial charge in [0.05, 0.1) is 28.9 Å². The Kier molecular flexibility index (Phi) is 13.1. The number of amides is 5. The molecule has 1 atom stereocenters. The maximum atomic E-state index is 15.3. The molecule has 16 nitrogen and oxygen atoms in total. The molecule has 8 aliphatic rings. The van der Waals surface area contributed by atoms with Crippen molar-refractivity contribution in [3.8, 4) is 11.3 Å².